The molecule has 2 N–H and O–H groups in total. The van der Waals surface area contributed by atoms with E-state index in [2.05, 4.69) is 31.3 Å². The van der Waals surface area contributed by atoms with E-state index in [-0.39, 0.29) is 0 Å². The van der Waals surface area contributed by atoms with Gasteiger partial charge in [-0.25, -0.2) is 0 Å². The number of hydrogen-bond acceptors (Lipinski definition) is 2. The molecule has 2 heteroatoms. The zero-order valence-corrected chi connectivity index (χ0v) is 12.2. The highest BCUT2D eigenvalue weighted by Crippen LogP contribution is 2.33. The standard InChI is InChI=1S/C17H27NO/c1-13(2)18-12-16(15-5-3-4-6-15)11-14-7-9-17(19)10-8-14/h7-10,13,15-16,18-19H,3-6,11-12H2,1-2H3. The molecule has 0 aromatic heterocycles. The first-order chi connectivity index (χ1) is 9.15. The number of aromatic hydroxyl groups is 1. The largest absolute Gasteiger partial charge is 0.508 e. The highest BCUT2D eigenvalue weighted by atomic mass is 16.3. The Morgan fingerprint density at radius 2 is 1.79 bits per heavy atom. The molecule has 0 aliphatic heterocycles. The van der Waals surface area contributed by atoms with Crippen molar-refractivity contribution in [1.82, 2.24) is 5.32 Å². The van der Waals surface area contributed by atoms with Gasteiger partial charge < -0.3 is 10.4 Å². The van der Waals surface area contributed by atoms with Gasteiger partial charge in [-0.2, -0.15) is 0 Å². The first-order valence-electron chi connectivity index (χ1n) is 7.66. The topological polar surface area (TPSA) is 32.3 Å². The Morgan fingerprint density at radius 3 is 2.37 bits per heavy atom. The van der Waals surface area contributed by atoms with Gasteiger partial charge in [0, 0.05) is 6.04 Å². The highest BCUT2D eigenvalue weighted by molar-refractivity contribution is 5.26. The fraction of sp³-hybridized carbons (Fsp3) is 0.647. The molecule has 0 radical (unpaired) electrons. The summed E-state index contributed by atoms with van der Waals surface area (Å²) in [6, 6.07) is 8.29. The van der Waals surface area contributed by atoms with Crippen LogP contribution in [0.5, 0.6) is 5.75 Å². The lowest BCUT2D eigenvalue weighted by Gasteiger charge is -2.25. The van der Waals surface area contributed by atoms with Crippen molar-refractivity contribution in [3.63, 3.8) is 0 Å². The van der Waals surface area contributed by atoms with Crippen LogP contribution in [0, 0.1) is 11.8 Å². The van der Waals surface area contributed by atoms with Crippen molar-refractivity contribution in [2.24, 2.45) is 11.8 Å². The zero-order chi connectivity index (χ0) is 13.7. The molecule has 1 unspecified atom stereocenters. The van der Waals surface area contributed by atoms with Gasteiger partial charge in [-0.15, -0.1) is 0 Å². The van der Waals surface area contributed by atoms with Crippen LogP contribution in [-0.2, 0) is 6.42 Å². The van der Waals surface area contributed by atoms with Crippen molar-refractivity contribution in [2.75, 3.05) is 6.54 Å². The van der Waals surface area contributed by atoms with Crippen LogP contribution in [0.25, 0.3) is 0 Å². The summed E-state index contributed by atoms with van der Waals surface area (Å²) < 4.78 is 0. The molecular formula is C17H27NO. The van der Waals surface area contributed by atoms with E-state index < -0.39 is 0 Å². The van der Waals surface area contributed by atoms with Crippen LogP contribution in [0.4, 0.5) is 0 Å². The van der Waals surface area contributed by atoms with Gasteiger partial charge in [-0.05, 0) is 42.5 Å². The third-order valence-electron chi connectivity index (χ3n) is 4.29. The van der Waals surface area contributed by atoms with Gasteiger partial charge >= 0.3 is 0 Å². The molecular weight excluding hydrogens is 234 g/mol. The van der Waals surface area contributed by atoms with E-state index >= 15 is 0 Å². The molecule has 0 heterocycles. The van der Waals surface area contributed by atoms with Crippen LogP contribution in [0.2, 0.25) is 0 Å². The highest BCUT2D eigenvalue weighted by Gasteiger charge is 2.25. The van der Waals surface area contributed by atoms with Crippen molar-refractivity contribution in [3.05, 3.63) is 29.8 Å². The maximum absolute atomic E-state index is 9.37. The van der Waals surface area contributed by atoms with E-state index in [1.54, 1.807) is 12.1 Å². The average Bonchev–Trinajstić information content (AvgIpc) is 2.90. The number of rotatable bonds is 6. The predicted molar refractivity (Wildman–Crippen MR) is 80.4 cm³/mol. The SMILES string of the molecule is CC(C)NCC(Cc1ccc(O)cc1)C1CCCC1. The predicted octanol–water partition coefficient (Wildman–Crippen LogP) is 3.74. The van der Waals surface area contributed by atoms with Gasteiger partial charge in [0.1, 0.15) is 5.75 Å². The Balaban J connectivity index is 1.97. The minimum Gasteiger partial charge on any atom is -0.508 e. The Hall–Kier alpha value is -1.02. The molecule has 1 aliphatic rings. The molecule has 1 fully saturated rings. The van der Waals surface area contributed by atoms with E-state index in [1.165, 1.54) is 31.2 Å². The van der Waals surface area contributed by atoms with Gasteiger partial charge in [0.05, 0.1) is 0 Å². The summed E-state index contributed by atoms with van der Waals surface area (Å²) in [6.45, 7) is 5.54. The van der Waals surface area contributed by atoms with Gasteiger partial charge in [0.15, 0.2) is 0 Å². The van der Waals surface area contributed by atoms with Crippen LogP contribution in [0.3, 0.4) is 0 Å². The van der Waals surface area contributed by atoms with Gasteiger partial charge in [-0.1, -0.05) is 51.7 Å². The molecule has 1 atom stereocenters. The van der Waals surface area contributed by atoms with Crippen molar-refractivity contribution < 1.29 is 5.11 Å². The minimum atomic E-state index is 0.362. The van der Waals surface area contributed by atoms with E-state index in [1.807, 2.05) is 0 Å². The van der Waals surface area contributed by atoms with Gasteiger partial charge in [0.2, 0.25) is 0 Å². The van der Waals surface area contributed by atoms with E-state index in [0.717, 1.165) is 24.8 Å². The second-order valence-corrected chi connectivity index (χ2v) is 6.24. The maximum atomic E-state index is 9.37. The van der Waals surface area contributed by atoms with Crippen molar-refractivity contribution in [1.29, 1.82) is 0 Å². The monoisotopic (exact) mass is 261 g/mol. The molecule has 19 heavy (non-hydrogen) atoms. The van der Waals surface area contributed by atoms with Crippen LogP contribution in [0.1, 0.15) is 45.1 Å². The van der Waals surface area contributed by atoms with Gasteiger partial charge in [-0.3, -0.25) is 0 Å². The fourth-order valence-electron chi connectivity index (χ4n) is 3.16. The van der Waals surface area contributed by atoms with Gasteiger partial charge in [0.25, 0.3) is 0 Å². The quantitative estimate of drug-likeness (QED) is 0.817. The van der Waals surface area contributed by atoms with Crippen LogP contribution < -0.4 is 5.32 Å². The van der Waals surface area contributed by atoms with Crippen LogP contribution in [0.15, 0.2) is 24.3 Å². The Labute approximate surface area is 117 Å². The van der Waals surface area contributed by atoms with Crippen LogP contribution >= 0.6 is 0 Å². The lowest BCUT2D eigenvalue weighted by Crippen LogP contribution is -2.33. The Morgan fingerprint density at radius 1 is 1.16 bits per heavy atom. The van der Waals surface area contributed by atoms with E-state index in [0.29, 0.717) is 11.8 Å². The molecule has 2 nitrogen and oxygen atoms in total. The summed E-state index contributed by atoms with van der Waals surface area (Å²) in [6.07, 6.45) is 6.71. The molecule has 1 aromatic carbocycles. The summed E-state index contributed by atoms with van der Waals surface area (Å²) in [5.74, 6) is 1.97. The Kier molecular flexibility index (Phi) is 5.26. The second-order valence-electron chi connectivity index (χ2n) is 6.24. The molecule has 0 amide bonds. The van der Waals surface area contributed by atoms with Crippen molar-refractivity contribution >= 4 is 0 Å². The molecule has 1 aliphatic carbocycles. The average molecular weight is 261 g/mol. The fourth-order valence-corrected chi connectivity index (χ4v) is 3.16. The number of benzene rings is 1. The maximum Gasteiger partial charge on any atom is 0.115 e. The van der Waals surface area contributed by atoms with E-state index in [4.69, 9.17) is 0 Å². The summed E-state index contributed by atoms with van der Waals surface area (Å²) in [5.41, 5.74) is 1.35. The number of hydrogen-bond donors (Lipinski definition) is 2. The number of nitrogens with one attached hydrogen (secondary N) is 1. The molecule has 1 saturated carbocycles. The summed E-state index contributed by atoms with van der Waals surface area (Å²) in [7, 11) is 0. The molecule has 2 rings (SSSR count). The third kappa shape index (κ3) is 4.54. The third-order valence-corrected chi connectivity index (χ3v) is 4.29. The summed E-state index contributed by atoms with van der Waals surface area (Å²) in [4.78, 5) is 0. The second kappa shape index (κ2) is 6.95. The minimum absolute atomic E-state index is 0.362. The molecule has 106 valence electrons. The number of phenols is 1. The Bertz CT molecular complexity index is 365. The number of phenolic OH excluding ortho intramolecular Hbond substituents is 1. The summed E-state index contributed by atoms with van der Waals surface area (Å²) in [5, 5.41) is 13.0. The lowest BCUT2D eigenvalue weighted by molar-refractivity contribution is 0.313. The first-order valence-corrected chi connectivity index (χ1v) is 7.66. The van der Waals surface area contributed by atoms with Crippen LogP contribution in [-0.4, -0.2) is 17.7 Å². The van der Waals surface area contributed by atoms with Crippen molar-refractivity contribution in [2.45, 2.75) is 52.0 Å². The smallest absolute Gasteiger partial charge is 0.115 e. The summed E-state index contributed by atoms with van der Waals surface area (Å²) >= 11 is 0. The first kappa shape index (κ1) is 14.4. The molecule has 0 bridgehead atoms. The zero-order valence-electron chi connectivity index (χ0n) is 12.2. The normalized spacial score (nSPS) is 18.1. The van der Waals surface area contributed by atoms with Crippen molar-refractivity contribution in [3.8, 4) is 5.75 Å². The molecule has 1 aromatic rings. The van der Waals surface area contributed by atoms with E-state index in [9.17, 15) is 5.11 Å². The molecule has 0 spiro atoms. The molecule has 0 saturated heterocycles. The lowest BCUT2D eigenvalue weighted by atomic mass is 9.85.